The number of carbonyl (C=O) groups excluding carboxylic acids is 1. The van der Waals surface area contributed by atoms with Gasteiger partial charge in [-0.25, -0.2) is 9.97 Å². The van der Waals surface area contributed by atoms with Gasteiger partial charge in [-0.1, -0.05) is 18.2 Å². The Morgan fingerprint density at radius 3 is 2.79 bits per heavy atom. The number of benzene rings is 1. The van der Waals surface area contributed by atoms with E-state index in [1.165, 1.54) is 4.68 Å². The summed E-state index contributed by atoms with van der Waals surface area (Å²) in [5, 5.41) is 9.20. The number of aromatic nitrogens is 3. The maximum absolute atomic E-state index is 12.8. The van der Waals surface area contributed by atoms with Crippen molar-refractivity contribution in [3.05, 3.63) is 52.2 Å². The van der Waals surface area contributed by atoms with Gasteiger partial charge in [-0.2, -0.15) is 9.78 Å². The Hall–Kier alpha value is -3.30. The van der Waals surface area contributed by atoms with E-state index in [0.29, 0.717) is 35.3 Å². The van der Waals surface area contributed by atoms with Gasteiger partial charge < -0.3 is 15.8 Å². The fourth-order valence-electron chi connectivity index (χ4n) is 2.82. The molecule has 0 unspecified atom stereocenters. The lowest BCUT2D eigenvalue weighted by Crippen LogP contribution is -2.27. The third-order valence-electron chi connectivity index (χ3n) is 4.14. The average Bonchev–Trinajstić information content (AvgIpc) is 3.30. The summed E-state index contributed by atoms with van der Waals surface area (Å²) in [5.41, 5.74) is 8.79. The molecule has 1 amide bonds. The molecule has 0 radical (unpaired) electrons. The first-order valence-electron chi connectivity index (χ1n) is 8.60. The Balaban J connectivity index is 1.88. The fraction of sp³-hybridized carbons (Fsp3) is 0.158. The van der Waals surface area contributed by atoms with Crippen LogP contribution in [0.5, 0.6) is 0 Å². The van der Waals surface area contributed by atoms with Crippen molar-refractivity contribution in [2.24, 2.45) is 5.10 Å². The lowest BCUT2D eigenvalue weighted by atomic mass is 10.2. The van der Waals surface area contributed by atoms with Crippen molar-refractivity contribution in [2.75, 3.05) is 26.0 Å². The summed E-state index contributed by atoms with van der Waals surface area (Å²) < 4.78 is 6.45. The van der Waals surface area contributed by atoms with Crippen LogP contribution in [-0.4, -0.2) is 47.0 Å². The molecule has 0 saturated carbocycles. The van der Waals surface area contributed by atoms with Gasteiger partial charge in [0.15, 0.2) is 5.65 Å². The molecule has 0 fully saturated rings. The molecule has 0 aliphatic rings. The molecule has 0 aliphatic heterocycles. The van der Waals surface area contributed by atoms with Crippen LogP contribution in [0.2, 0.25) is 0 Å². The number of anilines is 1. The molecule has 28 heavy (non-hydrogen) atoms. The second-order valence-electron chi connectivity index (χ2n) is 5.97. The molecule has 1 aromatic carbocycles. The van der Waals surface area contributed by atoms with E-state index in [2.05, 4.69) is 20.4 Å². The maximum Gasteiger partial charge on any atom is 0.257 e. The fourth-order valence-corrected chi connectivity index (χ4v) is 3.40. The number of nitrogen functional groups attached to an aromatic ring is 1. The monoisotopic (exact) mass is 394 g/mol. The molecule has 3 N–H and O–H groups in total. The quantitative estimate of drug-likeness (QED) is 0.386. The predicted octanol–water partition coefficient (Wildman–Crippen LogP) is 2.49. The highest BCUT2D eigenvalue weighted by atomic mass is 32.1. The molecule has 3 aromatic heterocycles. The van der Waals surface area contributed by atoms with Gasteiger partial charge in [0.1, 0.15) is 16.9 Å². The van der Waals surface area contributed by atoms with Gasteiger partial charge in [-0.05, 0) is 23.6 Å². The highest BCUT2D eigenvalue weighted by molar-refractivity contribution is 7.11. The maximum atomic E-state index is 12.8. The van der Waals surface area contributed by atoms with Gasteiger partial charge in [0.25, 0.3) is 5.91 Å². The summed E-state index contributed by atoms with van der Waals surface area (Å²) >= 11 is 1.55. The third kappa shape index (κ3) is 3.32. The van der Waals surface area contributed by atoms with E-state index in [1.54, 1.807) is 24.7 Å². The number of methoxy groups -OCH3 is 1. The van der Waals surface area contributed by atoms with E-state index >= 15 is 0 Å². The molecular formula is C19H18N6O2S. The summed E-state index contributed by atoms with van der Waals surface area (Å²) in [6.07, 6.45) is 1.68. The van der Waals surface area contributed by atoms with Crippen molar-refractivity contribution in [1.82, 2.24) is 20.0 Å². The Labute approximate surface area is 164 Å². The van der Waals surface area contributed by atoms with E-state index in [9.17, 15) is 4.79 Å². The van der Waals surface area contributed by atoms with Crippen LogP contribution in [0.4, 0.5) is 5.82 Å². The molecule has 0 atom stereocenters. The Bertz CT molecular complexity index is 1170. The number of thiophene rings is 1. The minimum Gasteiger partial charge on any atom is -0.383 e. The molecule has 8 nitrogen and oxygen atoms in total. The number of nitrogens with two attached hydrogens (primary N) is 1. The topological polar surface area (TPSA) is 107 Å². The van der Waals surface area contributed by atoms with E-state index < -0.39 is 0 Å². The molecule has 0 spiro atoms. The first-order chi connectivity index (χ1) is 13.7. The van der Waals surface area contributed by atoms with Crippen LogP contribution in [-0.2, 0) is 4.74 Å². The number of amides is 1. The highest BCUT2D eigenvalue weighted by Crippen LogP contribution is 2.27. The summed E-state index contributed by atoms with van der Waals surface area (Å²) in [6, 6.07) is 11.3. The van der Waals surface area contributed by atoms with Crippen LogP contribution in [0.25, 0.3) is 22.2 Å². The Morgan fingerprint density at radius 1 is 1.29 bits per heavy atom. The Morgan fingerprint density at radius 2 is 2.07 bits per heavy atom. The lowest BCUT2D eigenvalue weighted by Gasteiger charge is -2.04. The number of hydrogen-bond donors (Lipinski definition) is 2. The number of para-hydroxylation sites is 2. The minimum absolute atomic E-state index is 0.188. The largest absolute Gasteiger partial charge is 0.383 e. The lowest BCUT2D eigenvalue weighted by molar-refractivity contribution is 0.0939. The molecule has 9 heteroatoms. The molecule has 4 rings (SSSR count). The van der Waals surface area contributed by atoms with Crippen LogP contribution >= 0.6 is 11.3 Å². The van der Waals surface area contributed by atoms with Gasteiger partial charge in [0.05, 0.1) is 23.9 Å². The van der Waals surface area contributed by atoms with Crippen molar-refractivity contribution >= 4 is 51.5 Å². The number of nitrogens with one attached hydrogen (secondary N) is 1. The van der Waals surface area contributed by atoms with Crippen LogP contribution in [0.1, 0.15) is 15.2 Å². The first kappa shape index (κ1) is 18.1. The van der Waals surface area contributed by atoms with Gasteiger partial charge in [-0.15, -0.1) is 11.3 Å². The highest BCUT2D eigenvalue weighted by Gasteiger charge is 2.23. The van der Waals surface area contributed by atoms with Gasteiger partial charge in [-0.3, -0.25) is 4.79 Å². The van der Waals surface area contributed by atoms with Crippen molar-refractivity contribution in [1.29, 1.82) is 0 Å². The molecule has 0 saturated heterocycles. The zero-order valence-corrected chi connectivity index (χ0v) is 15.9. The number of fused-ring (bicyclic) bond motifs is 2. The Kier molecular flexibility index (Phi) is 5.00. The average molecular weight is 394 g/mol. The van der Waals surface area contributed by atoms with Crippen LogP contribution in [0.15, 0.2) is 46.9 Å². The normalized spacial score (nSPS) is 11.6. The molecule has 3 heterocycles. The van der Waals surface area contributed by atoms with Gasteiger partial charge in [0, 0.05) is 18.5 Å². The molecule has 0 bridgehead atoms. The second kappa shape index (κ2) is 7.75. The molecule has 0 aliphatic carbocycles. The molecule has 142 valence electrons. The van der Waals surface area contributed by atoms with Crippen molar-refractivity contribution in [3.8, 4) is 0 Å². The molecule has 4 aromatic rings. The van der Waals surface area contributed by atoms with Crippen LogP contribution < -0.4 is 11.1 Å². The number of rotatable bonds is 6. The first-order valence-corrected chi connectivity index (χ1v) is 9.48. The zero-order valence-electron chi connectivity index (χ0n) is 15.1. The minimum atomic E-state index is -0.339. The SMILES string of the molecule is COCCNC(=O)c1c(N)n(N=Cc2cccs2)c2nc3ccccc3nc12. The number of ether oxygens (including phenoxy) is 1. The van der Waals surface area contributed by atoms with Crippen LogP contribution in [0.3, 0.4) is 0 Å². The number of hydrogen-bond acceptors (Lipinski definition) is 7. The smallest absolute Gasteiger partial charge is 0.257 e. The number of carbonyl (C=O) groups is 1. The second-order valence-corrected chi connectivity index (χ2v) is 6.94. The third-order valence-corrected chi connectivity index (χ3v) is 4.94. The van der Waals surface area contributed by atoms with Crippen molar-refractivity contribution in [2.45, 2.75) is 0 Å². The summed E-state index contributed by atoms with van der Waals surface area (Å²) in [6.45, 7) is 0.760. The van der Waals surface area contributed by atoms with Crippen LogP contribution in [0, 0.1) is 0 Å². The van der Waals surface area contributed by atoms with Crippen molar-refractivity contribution in [3.63, 3.8) is 0 Å². The predicted molar refractivity (Wildman–Crippen MR) is 111 cm³/mol. The van der Waals surface area contributed by atoms with E-state index in [-0.39, 0.29) is 17.3 Å². The summed E-state index contributed by atoms with van der Waals surface area (Å²) in [7, 11) is 1.57. The summed E-state index contributed by atoms with van der Waals surface area (Å²) in [5.74, 6) is -0.151. The standard InChI is InChI=1S/C19H18N6O2S/c1-27-9-8-21-19(26)15-16-18(24-14-7-3-2-6-13(14)23-16)25(17(15)20)22-11-12-5-4-10-28-12/h2-7,10-11H,8-9,20H2,1H3,(H,21,26). The zero-order chi connectivity index (χ0) is 19.5. The van der Waals surface area contributed by atoms with E-state index in [4.69, 9.17) is 10.5 Å². The summed E-state index contributed by atoms with van der Waals surface area (Å²) in [4.78, 5) is 23.0. The van der Waals surface area contributed by atoms with Gasteiger partial charge >= 0.3 is 0 Å². The molecular weight excluding hydrogens is 376 g/mol. The van der Waals surface area contributed by atoms with E-state index in [1.807, 2.05) is 41.8 Å². The van der Waals surface area contributed by atoms with Crippen molar-refractivity contribution < 1.29 is 9.53 Å². The van der Waals surface area contributed by atoms with E-state index in [0.717, 1.165) is 4.88 Å². The number of nitrogens with zero attached hydrogens (tertiary/aromatic N) is 4. The van der Waals surface area contributed by atoms with Gasteiger partial charge in [0.2, 0.25) is 0 Å².